The lowest BCUT2D eigenvalue weighted by atomic mass is 10.0. The summed E-state index contributed by atoms with van der Waals surface area (Å²) in [5.41, 5.74) is 1.16. The minimum Gasteiger partial charge on any atom is -0.480 e. The molecule has 1 aliphatic heterocycles. The van der Waals surface area contributed by atoms with Crippen molar-refractivity contribution >= 4 is 21.9 Å². The third-order valence-corrected chi connectivity index (χ3v) is 4.65. The minimum absolute atomic E-state index is 0.120. The summed E-state index contributed by atoms with van der Waals surface area (Å²) in [5.74, 6) is -0.694. The molecule has 1 N–H and O–H groups in total. The van der Waals surface area contributed by atoms with Gasteiger partial charge in [0.05, 0.1) is 0 Å². The highest BCUT2D eigenvalue weighted by atomic mass is 79.9. The minimum atomic E-state index is -0.694. The van der Waals surface area contributed by atoms with Gasteiger partial charge in [0, 0.05) is 10.5 Å². The average Bonchev–Trinajstić information content (AvgIpc) is 2.64. The first-order valence-electron chi connectivity index (χ1n) is 6.84. The quantitative estimate of drug-likeness (QED) is 0.917. The third kappa shape index (κ3) is 3.37. The number of aliphatic carboxylic acids is 1. The van der Waals surface area contributed by atoms with Gasteiger partial charge < -0.3 is 5.11 Å². The zero-order valence-corrected chi connectivity index (χ0v) is 12.8. The van der Waals surface area contributed by atoms with Crippen molar-refractivity contribution in [2.75, 3.05) is 6.54 Å². The van der Waals surface area contributed by atoms with Crippen molar-refractivity contribution in [2.45, 2.75) is 44.7 Å². The Kier molecular flexibility index (Phi) is 4.99. The van der Waals surface area contributed by atoms with E-state index in [0.29, 0.717) is 0 Å². The van der Waals surface area contributed by atoms with Crippen molar-refractivity contribution in [3.63, 3.8) is 0 Å². The van der Waals surface area contributed by atoms with Crippen molar-refractivity contribution in [2.24, 2.45) is 0 Å². The van der Waals surface area contributed by atoms with E-state index in [4.69, 9.17) is 0 Å². The first-order chi connectivity index (χ1) is 9.11. The molecule has 104 valence electrons. The molecule has 0 spiro atoms. The molecule has 19 heavy (non-hydrogen) atoms. The Hall–Kier alpha value is -0.870. The van der Waals surface area contributed by atoms with E-state index in [2.05, 4.69) is 33.8 Å². The van der Waals surface area contributed by atoms with Crippen LogP contribution in [0, 0.1) is 0 Å². The second-order valence-corrected chi connectivity index (χ2v) is 5.99. The average molecular weight is 326 g/mol. The highest BCUT2D eigenvalue weighted by Gasteiger charge is 2.31. The number of carboxylic acids is 1. The van der Waals surface area contributed by atoms with Crippen LogP contribution in [0.3, 0.4) is 0 Å². The lowest BCUT2D eigenvalue weighted by Gasteiger charge is -2.33. The molecular weight excluding hydrogens is 306 g/mol. The standard InChI is InChI=1S/C15H20BrNO2/c1-11(12-7-4-5-8-13(12)16)17-10-6-2-3-9-14(17)15(18)19/h4-5,7-8,11,14H,2-3,6,9-10H2,1H3,(H,18,19). The fraction of sp³-hybridized carbons (Fsp3) is 0.533. The molecule has 4 heteroatoms. The van der Waals surface area contributed by atoms with Crippen molar-refractivity contribution in [3.8, 4) is 0 Å². The number of nitrogens with zero attached hydrogens (tertiary/aromatic N) is 1. The number of benzene rings is 1. The number of hydrogen-bond acceptors (Lipinski definition) is 2. The molecule has 1 heterocycles. The normalized spacial score (nSPS) is 22.7. The summed E-state index contributed by atoms with van der Waals surface area (Å²) in [6.07, 6.45) is 3.97. The molecule has 1 aromatic carbocycles. The number of carboxylic acid groups (broad SMARTS) is 1. The maximum absolute atomic E-state index is 11.5. The number of hydrogen-bond donors (Lipinski definition) is 1. The molecule has 2 atom stereocenters. The van der Waals surface area contributed by atoms with Crippen LogP contribution in [0.5, 0.6) is 0 Å². The molecule has 0 aromatic heterocycles. The van der Waals surface area contributed by atoms with E-state index >= 15 is 0 Å². The van der Waals surface area contributed by atoms with Gasteiger partial charge in [0.1, 0.15) is 6.04 Å². The van der Waals surface area contributed by atoms with Crippen LogP contribution >= 0.6 is 15.9 Å². The highest BCUT2D eigenvalue weighted by Crippen LogP contribution is 2.31. The summed E-state index contributed by atoms with van der Waals surface area (Å²) in [4.78, 5) is 13.6. The zero-order valence-electron chi connectivity index (χ0n) is 11.2. The van der Waals surface area contributed by atoms with E-state index < -0.39 is 5.97 Å². The summed E-state index contributed by atoms with van der Waals surface area (Å²) in [7, 11) is 0. The maximum Gasteiger partial charge on any atom is 0.320 e. The summed E-state index contributed by atoms with van der Waals surface area (Å²) in [5, 5.41) is 9.45. The molecule has 0 radical (unpaired) electrons. The summed E-state index contributed by atoms with van der Waals surface area (Å²) in [6.45, 7) is 2.96. The molecule has 0 bridgehead atoms. The van der Waals surface area contributed by atoms with E-state index in [0.717, 1.165) is 42.3 Å². The second kappa shape index (κ2) is 6.53. The molecule has 1 fully saturated rings. The van der Waals surface area contributed by atoms with Crippen LogP contribution < -0.4 is 0 Å². The van der Waals surface area contributed by atoms with E-state index in [1.165, 1.54) is 0 Å². The van der Waals surface area contributed by atoms with Gasteiger partial charge >= 0.3 is 5.97 Å². The lowest BCUT2D eigenvalue weighted by Crippen LogP contribution is -2.42. The molecule has 1 saturated heterocycles. The van der Waals surface area contributed by atoms with Gasteiger partial charge in [0.2, 0.25) is 0 Å². The van der Waals surface area contributed by atoms with Crippen LogP contribution in [-0.2, 0) is 4.79 Å². The van der Waals surface area contributed by atoms with Gasteiger partial charge in [0.15, 0.2) is 0 Å². The van der Waals surface area contributed by atoms with Crippen LogP contribution in [0.25, 0.3) is 0 Å². The largest absolute Gasteiger partial charge is 0.480 e. The fourth-order valence-electron chi connectivity index (χ4n) is 2.85. The third-order valence-electron chi connectivity index (χ3n) is 3.93. The number of rotatable bonds is 3. The summed E-state index contributed by atoms with van der Waals surface area (Å²) in [6, 6.07) is 7.83. The molecule has 1 aromatic rings. The van der Waals surface area contributed by atoms with Crippen molar-refractivity contribution < 1.29 is 9.90 Å². The van der Waals surface area contributed by atoms with E-state index in [1.807, 2.05) is 18.2 Å². The van der Waals surface area contributed by atoms with Gasteiger partial charge in [-0.2, -0.15) is 0 Å². The number of likely N-dealkylation sites (tertiary alicyclic amines) is 1. The van der Waals surface area contributed by atoms with Crippen LogP contribution in [0.2, 0.25) is 0 Å². The monoisotopic (exact) mass is 325 g/mol. The molecule has 3 nitrogen and oxygen atoms in total. The first-order valence-corrected chi connectivity index (χ1v) is 7.63. The summed E-state index contributed by atoms with van der Waals surface area (Å²) >= 11 is 3.57. The fourth-order valence-corrected chi connectivity index (χ4v) is 3.47. The molecule has 2 rings (SSSR count). The first kappa shape index (κ1) is 14.5. The maximum atomic E-state index is 11.5. The molecule has 0 amide bonds. The van der Waals surface area contributed by atoms with Gasteiger partial charge in [0.25, 0.3) is 0 Å². The molecule has 0 saturated carbocycles. The Bertz CT molecular complexity index is 450. The predicted octanol–water partition coefficient (Wildman–Crippen LogP) is 3.84. The van der Waals surface area contributed by atoms with Gasteiger partial charge in [-0.05, 0) is 37.9 Å². The van der Waals surface area contributed by atoms with Crippen LogP contribution in [0.1, 0.15) is 44.2 Å². The summed E-state index contributed by atoms with van der Waals surface area (Å²) < 4.78 is 1.05. The lowest BCUT2D eigenvalue weighted by molar-refractivity contribution is -0.144. The Morgan fingerprint density at radius 1 is 1.37 bits per heavy atom. The molecule has 1 aliphatic rings. The van der Waals surface area contributed by atoms with Crippen molar-refractivity contribution in [3.05, 3.63) is 34.3 Å². The number of carbonyl (C=O) groups is 1. The Morgan fingerprint density at radius 3 is 2.79 bits per heavy atom. The highest BCUT2D eigenvalue weighted by molar-refractivity contribution is 9.10. The predicted molar refractivity (Wildman–Crippen MR) is 79.2 cm³/mol. The Balaban J connectivity index is 2.26. The topological polar surface area (TPSA) is 40.5 Å². The van der Waals surface area contributed by atoms with E-state index in [1.54, 1.807) is 0 Å². The van der Waals surface area contributed by atoms with Crippen molar-refractivity contribution in [1.29, 1.82) is 0 Å². The van der Waals surface area contributed by atoms with Gasteiger partial charge in [-0.25, -0.2) is 0 Å². The second-order valence-electron chi connectivity index (χ2n) is 5.14. The van der Waals surface area contributed by atoms with Gasteiger partial charge in [-0.1, -0.05) is 47.0 Å². The number of halogens is 1. The van der Waals surface area contributed by atoms with Crippen LogP contribution in [-0.4, -0.2) is 28.6 Å². The van der Waals surface area contributed by atoms with Gasteiger partial charge in [-0.3, -0.25) is 9.69 Å². The smallest absolute Gasteiger partial charge is 0.320 e. The Labute approximate surface area is 122 Å². The molecule has 0 aliphatic carbocycles. The van der Waals surface area contributed by atoms with Crippen molar-refractivity contribution in [1.82, 2.24) is 4.90 Å². The van der Waals surface area contributed by atoms with Crippen LogP contribution in [0.4, 0.5) is 0 Å². The molecule has 2 unspecified atom stereocenters. The zero-order chi connectivity index (χ0) is 13.8. The van der Waals surface area contributed by atoms with E-state index in [9.17, 15) is 9.90 Å². The van der Waals surface area contributed by atoms with Crippen LogP contribution in [0.15, 0.2) is 28.7 Å². The SMILES string of the molecule is CC(c1ccccc1Br)N1CCCCCC1C(=O)O. The van der Waals surface area contributed by atoms with E-state index in [-0.39, 0.29) is 12.1 Å². The van der Waals surface area contributed by atoms with Gasteiger partial charge in [-0.15, -0.1) is 0 Å². The molecular formula is C15H20BrNO2. The Morgan fingerprint density at radius 2 is 2.11 bits per heavy atom.